The lowest BCUT2D eigenvalue weighted by Gasteiger charge is -2.39. The summed E-state index contributed by atoms with van der Waals surface area (Å²) in [7, 11) is 0. The van der Waals surface area contributed by atoms with Gasteiger partial charge in [0.05, 0.1) is 21.2 Å². The summed E-state index contributed by atoms with van der Waals surface area (Å²) in [5.74, 6) is -0.155. The minimum atomic E-state index is -0.351. The van der Waals surface area contributed by atoms with Crippen molar-refractivity contribution in [2.24, 2.45) is 5.92 Å². The van der Waals surface area contributed by atoms with Crippen molar-refractivity contribution in [3.8, 4) is 0 Å². The van der Waals surface area contributed by atoms with E-state index in [2.05, 4.69) is 33.4 Å². The molecule has 0 unspecified atom stereocenters. The van der Waals surface area contributed by atoms with Crippen molar-refractivity contribution in [1.29, 1.82) is 0 Å². The summed E-state index contributed by atoms with van der Waals surface area (Å²) in [5.41, 5.74) is 3.90. The summed E-state index contributed by atoms with van der Waals surface area (Å²) in [6.07, 6.45) is 0.733. The SMILES string of the molecule is O=C(c1ccccc1)c1cc(Cl)cc2c1N[C@@H](c1ccc(Br)cc1)[C@H]1C[C@@H](Sc3ccccc3[N+](=O)[O-])[C@@H](Cl)[C@H]21. The van der Waals surface area contributed by atoms with Crippen molar-refractivity contribution >= 4 is 68.1 Å². The third kappa shape index (κ3) is 5.05. The molecule has 40 heavy (non-hydrogen) atoms. The van der Waals surface area contributed by atoms with Gasteiger partial charge in [-0.2, -0.15) is 0 Å². The van der Waals surface area contributed by atoms with Crippen LogP contribution in [0.1, 0.15) is 45.4 Å². The molecule has 5 atom stereocenters. The van der Waals surface area contributed by atoms with E-state index in [1.165, 1.54) is 17.8 Å². The van der Waals surface area contributed by atoms with E-state index in [4.69, 9.17) is 23.2 Å². The molecule has 0 spiro atoms. The number of para-hydroxylation sites is 1. The van der Waals surface area contributed by atoms with Crippen molar-refractivity contribution < 1.29 is 9.72 Å². The van der Waals surface area contributed by atoms with Crippen LogP contribution >= 0.6 is 50.9 Å². The highest BCUT2D eigenvalue weighted by Crippen LogP contribution is 2.59. The van der Waals surface area contributed by atoms with Crippen molar-refractivity contribution in [2.75, 3.05) is 5.32 Å². The number of anilines is 1. The molecule has 6 rings (SSSR count). The molecule has 1 aliphatic heterocycles. The molecule has 1 N–H and O–H groups in total. The molecule has 5 nitrogen and oxygen atoms in total. The number of hydrogen-bond donors (Lipinski definition) is 1. The van der Waals surface area contributed by atoms with Crippen LogP contribution in [-0.4, -0.2) is 21.3 Å². The molecule has 4 aromatic carbocycles. The summed E-state index contributed by atoms with van der Waals surface area (Å²) in [6.45, 7) is 0. The zero-order chi connectivity index (χ0) is 28.0. The van der Waals surface area contributed by atoms with E-state index >= 15 is 0 Å². The quantitative estimate of drug-likeness (QED) is 0.0972. The maximum atomic E-state index is 13.7. The van der Waals surface area contributed by atoms with Crippen LogP contribution in [0.3, 0.4) is 0 Å². The monoisotopic (exact) mass is 652 g/mol. The number of benzene rings is 4. The lowest BCUT2D eigenvalue weighted by Crippen LogP contribution is -2.32. The number of carbonyl (C=O) groups excluding carboxylic acids is 1. The maximum Gasteiger partial charge on any atom is 0.282 e. The number of carbonyl (C=O) groups is 1. The van der Waals surface area contributed by atoms with E-state index in [9.17, 15) is 14.9 Å². The van der Waals surface area contributed by atoms with Gasteiger partial charge in [-0.3, -0.25) is 14.9 Å². The van der Waals surface area contributed by atoms with Crippen molar-refractivity contribution in [1.82, 2.24) is 0 Å². The minimum absolute atomic E-state index is 0.0769. The Bertz CT molecular complexity index is 1600. The second-order valence-corrected chi connectivity index (χ2v) is 13.2. The Morgan fingerprint density at radius 1 is 1.00 bits per heavy atom. The Balaban J connectivity index is 1.46. The average Bonchev–Trinajstić information content (AvgIpc) is 3.29. The molecule has 2 aliphatic rings. The van der Waals surface area contributed by atoms with Crippen LogP contribution in [0, 0.1) is 16.0 Å². The van der Waals surface area contributed by atoms with E-state index in [0.29, 0.717) is 21.0 Å². The van der Waals surface area contributed by atoms with Gasteiger partial charge in [0.15, 0.2) is 5.78 Å². The van der Waals surface area contributed by atoms with Gasteiger partial charge in [-0.1, -0.05) is 82.1 Å². The molecule has 1 heterocycles. The lowest BCUT2D eigenvalue weighted by atomic mass is 9.76. The first kappa shape index (κ1) is 27.3. The van der Waals surface area contributed by atoms with Gasteiger partial charge in [-0.05, 0) is 53.8 Å². The predicted octanol–water partition coefficient (Wildman–Crippen LogP) is 9.28. The molecule has 9 heteroatoms. The number of rotatable bonds is 6. The molecule has 0 saturated heterocycles. The van der Waals surface area contributed by atoms with Crippen LogP contribution in [0.25, 0.3) is 0 Å². The van der Waals surface area contributed by atoms with Crippen LogP contribution in [0.2, 0.25) is 5.02 Å². The normalized spacial score (nSPS) is 23.1. The number of halogens is 3. The fourth-order valence-corrected chi connectivity index (χ4v) is 8.42. The number of nitro groups is 1. The number of fused-ring (bicyclic) bond motifs is 3. The van der Waals surface area contributed by atoms with Crippen molar-refractivity contribution in [2.45, 2.75) is 33.9 Å². The Labute approximate surface area is 254 Å². The lowest BCUT2D eigenvalue weighted by molar-refractivity contribution is -0.387. The van der Waals surface area contributed by atoms with Crippen LogP contribution in [0.5, 0.6) is 0 Å². The first-order chi connectivity index (χ1) is 19.3. The van der Waals surface area contributed by atoms with Gasteiger partial charge in [0, 0.05) is 43.5 Å². The average molecular weight is 654 g/mol. The zero-order valence-electron chi connectivity index (χ0n) is 21.0. The zero-order valence-corrected chi connectivity index (χ0v) is 24.9. The first-order valence-corrected chi connectivity index (χ1v) is 15.3. The predicted molar refractivity (Wildman–Crippen MR) is 165 cm³/mol. The van der Waals surface area contributed by atoms with Crippen molar-refractivity contribution in [3.63, 3.8) is 0 Å². The van der Waals surface area contributed by atoms with Crippen LogP contribution in [0.4, 0.5) is 11.4 Å². The van der Waals surface area contributed by atoms with Crippen LogP contribution in [0.15, 0.2) is 100 Å². The summed E-state index contributed by atoms with van der Waals surface area (Å²) in [4.78, 5) is 25.7. The summed E-state index contributed by atoms with van der Waals surface area (Å²) in [5, 5.41) is 15.5. The molecule has 0 radical (unpaired) electrons. The summed E-state index contributed by atoms with van der Waals surface area (Å²) in [6, 6.07) is 27.6. The standard InChI is InChI=1S/C31H23BrCl2N2O3S/c32-19-12-10-17(11-13-19)29-22-16-26(40-25-9-5-4-8-24(25)36(38)39)28(34)27(22)21-14-20(33)15-23(30(21)35-29)31(37)18-6-2-1-3-7-18/h1-15,22,26-29,35H,16H2/t22-,26+,27+,28+,29-/m0/s1. The first-order valence-electron chi connectivity index (χ1n) is 12.8. The number of nitrogens with zero attached hydrogens (tertiary/aromatic N) is 1. The Kier molecular flexibility index (Phi) is 7.66. The molecule has 1 aliphatic carbocycles. The maximum absolute atomic E-state index is 13.7. The molecule has 0 bridgehead atoms. The van der Waals surface area contributed by atoms with Gasteiger partial charge in [0.25, 0.3) is 5.69 Å². The molecule has 0 amide bonds. The molecule has 1 fully saturated rings. The highest BCUT2D eigenvalue weighted by atomic mass is 79.9. The highest BCUT2D eigenvalue weighted by molar-refractivity contribution is 9.10. The van der Waals surface area contributed by atoms with Crippen LogP contribution < -0.4 is 5.32 Å². The molecular weight excluding hydrogens is 631 g/mol. The van der Waals surface area contributed by atoms with Gasteiger partial charge in [0.1, 0.15) is 0 Å². The van der Waals surface area contributed by atoms with Crippen molar-refractivity contribution in [3.05, 3.63) is 133 Å². The molecule has 1 saturated carbocycles. The summed E-state index contributed by atoms with van der Waals surface area (Å²) < 4.78 is 0.974. The van der Waals surface area contributed by atoms with Gasteiger partial charge in [-0.15, -0.1) is 23.4 Å². The molecule has 0 aromatic heterocycles. The van der Waals surface area contributed by atoms with Gasteiger partial charge in [-0.25, -0.2) is 0 Å². The fraction of sp³-hybridized carbons (Fsp3) is 0.194. The molecule has 202 valence electrons. The number of hydrogen-bond acceptors (Lipinski definition) is 5. The van der Waals surface area contributed by atoms with E-state index in [1.54, 1.807) is 30.3 Å². The highest BCUT2D eigenvalue weighted by Gasteiger charge is 2.51. The Morgan fingerprint density at radius 2 is 1.70 bits per heavy atom. The Morgan fingerprint density at radius 3 is 2.42 bits per heavy atom. The number of alkyl halides is 1. The van der Waals surface area contributed by atoms with E-state index in [0.717, 1.165) is 27.7 Å². The number of thioether (sulfide) groups is 1. The summed E-state index contributed by atoms with van der Waals surface area (Å²) >= 11 is 18.9. The second kappa shape index (κ2) is 11.2. The molecule has 4 aromatic rings. The third-order valence-corrected chi connectivity index (χ3v) is 10.6. The largest absolute Gasteiger partial charge is 0.377 e. The third-order valence-electron chi connectivity index (χ3n) is 7.73. The number of ketones is 1. The molecular formula is C31H23BrCl2N2O3S. The topological polar surface area (TPSA) is 72.2 Å². The Hall–Kier alpha value is -2.84. The van der Waals surface area contributed by atoms with Gasteiger partial charge < -0.3 is 5.32 Å². The minimum Gasteiger partial charge on any atom is -0.377 e. The second-order valence-electron chi connectivity index (χ2n) is 10.0. The van der Waals surface area contributed by atoms with Gasteiger partial charge in [0.2, 0.25) is 0 Å². The smallest absolute Gasteiger partial charge is 0.282 e. The van der Waals surface area contributed by atoms with E-state index < -0.39 is 0 Å². The number of nitro benzene ring substituents is 1. The van der Waals surface area contributed by atoms with E-state index in [-0.39, 0.29) is 44.9 Å². The fourth-order valence-electron chi connectivity index (χ4n) is 5.98. The van der Waals surface area contributed by atoms with E-state index in [1.807, 2.05) is 42.5 Å². The number of nitrogens with one attached hydrogen (secondary N) is 1. The van der Waals surface area contributed by atoms with Crippen LogP contribution in [-0.2, 0) is 0 Å². The van der Waals surface area contributed by atoms with Gasteiger partial charge >= 0.3 is 0 Å².